The fraction of sp³-hybridized carbons (Fsp3) is 0.474. The highest BCUT2D eigenvalue weighted by atomic mass is 16.2. The van der Waals surface area contributed by atoms with E-state index in [9.17, 15) is 19.2 Å². The Morgan fingerprint density at radius 3 is 2.59 bits per heavy atom. The van der Waals surface area contributed by atoms with Gasteiger partial charge in [-0.25, -0.2) is 0 Å². The first-order chi connectivity index (χ1) is 12.9. The average Bonchev–Trinajstić information content (AvgIpc) is 3.06. The van der Waals surface area contributed by atoms with Gasteiger partial charge >= 0.3 is 0 Å². The number of rotatable bonds is 3. The van der Waals surface area contributed by atoms with Crippen LogP contribution in [0.4, 0.5) is 0 Å². The molecule has 8 nitrogen and oxygen atoms in total. The maximum absolute atomic E-state index is 13.1. The number of hydrogen-bond acceptors (Lipinski definition) is 6. The van der Waals surface area contributed by atoms with Gasteiger partial charge in [-0.3, -0.25) is 34.3 Å². The molecule has 0 spiro atoms. The van der Waals surface area contributed by atoms with Crippen molar-refractivity contribution in [1.29, 1.82) is 0 Å². The Bertz CT molecular complexity index is 842. The number of nitrogens with one attached hydrogen (secondary N) is 1. The lowest BCUT2D eigenvalue weighted by Crippen LogP contribution is -2.54. The highest BCUT2D eigenvalue weighted by molar-refractivity contribution is 6.24. The van der Waals surface area contributed by atoms with E-state index in [0.29, 0.717) is 23.6 Å². The molecule has 0 aliphatic carbocycles. The number of benzene rings is 1. The summed E-state index contributed by atoms with van der Waals surface area (Å²) in [6.45, 7) is 4.20. The minimum Gasteiger partial charge on any atom is -0.326 e. The van der Waals surface area contributed by atoms with E-state index >= 15 is 0 Å². The molecular weight excluding hydrogens is 348 g/mol. The van der Waals surface area contributed by atoms with Gasteiger partial charge in [-0.1, -0.05) is 19.1 Å². The van der Waals surface area contributed by atoms with Crippen molar-refractivity contribution in [3.05, 3.63) is 34.9 Å². The van der Waals surface area contributed by atoms with E-state index in [0.717, 1.165) is 23.6 Å². The maximum atomic E-state index is 13.1. The second-order valence-corrected chi connectivity index (χ2v) is 7.62. The van der Waals surface area contributed by atoms with Crippen molar-refractivity contribution in [3.63, 3.8) is 0 Å². The first-order valence-electron chi connectivity index (χ1n) is 9.18. The van der Waals surface area contributed by atoms with Gasteiger partial charge in [0.25, 0.3) is 11.8 Å². The van der Waals surface area contributed by atoms with E-state index in [2.05, 4.69) is 17.1 Å². The Morgan fingerprint density at radius 2 is 1.93 bits per heavy atom. The molecule has 4 rings (SSSR count). The number of fused-ring (bicyclic) bond motifs is 1. The van der Waals surface area contributed by atoms with Crippen molar-refractivity contribution in [2.45, 2.75) is 38.4 Å². The molecule has 0 bridgehead atoms. The van der Waals surface area contributed by atoms with Crippen LogP contribution in [-0.2, 0) is 16.1 Å². The van der Waals surface area contributed by atoms with Crippen LogP contribution in [0.5, 0.6) is 0 Å². The Morgan fingerprint density at radius 1 is 1.15 bits per heavy atom. The number of carbonyl (C=O) groups excluding carboxylic acids is 4. The number of nitrogens with two attached hydrogens (primary N) is 1. The zero-order chi connectivity index (χ0) is 19.3. The van der Waals surface area contributed by atoms with Gasteiger partial charge in [-0.15, -0.1) is 0 Å². The zero-order valence-corrected chi connectivity index (χ0v) is 15.1. The quantitative estimate of drug-likeness (QED) is 0.717. The third-order valence-corrected chi connectivity index (χ3v) is 5.69. The molecule has 1 unspecified atom stereocenters. The van der Waals surface area contributed by atoms with Gasteiger partial charge in [-0.05, 0) is 24.0 Å². The van der Waals surface area contributed by atoms with Crippen molar-refractivity contribution in [1.82, 2.24) is 15.1 Å². The summed E-state index contributed by atoms with van der Waals surface area (Å²) in [6.07, 6.45) is 0.268. The van der Waals surface area contributed by atoms with E-state index in [1.54, 1.807) is 12.1 Å². The van der Waals surface area contributed by atoms with E-state index in [4.69, 9.17) is 5.73 Å². The summed E-state index contributed by atoms with van der Waals surface area (Å²) in [5.41, 5.74) is 7.53. The topological polar surface area (TPSA) is 113 Å². The number of hydrogen-bond donors (Lipinski definition) is 2. The van der Waals surface area contributed by atoms with Crippen molar-refractivity contribution >= 4 is 23.6 Å². The van der Waals surface area contributed by atoms with Crippen LogP contribution in [-0.4, -0.2) is 58.6 Å². The molecule has 3 aliphatic heterocycles. The lowest BCUT2D eigenvalue weighted by atomic mass is 10.0. The van der Waals surface area contributed by atoms with Crippen LogP contribution in [0.3, 0.4) is 0 Å². The van der Waals surface area contributed by atoms with Crippen LogP contribution in [0.15, 0.2) is 18.2 Å². The molecule has 2 saturated heterocycles. The van der Waals surface area contributed by atoms with Gasteiger partial charge in [0.2, 0.25) is 11.8 Å². The number of nitrogens with zero attached hydrogens (tertiary/aromatic N) is 2. The minimum absolute atomic E-state index is 0.0964. The molecule has 1 aromatic carbocycles. The molecule has 1 aromatic rings. The van der Waals surface area contributed by atoms with E-state index < -0.39 is 23.8 Å². The summed E-state index contributed by atoms with van der Waals surface area (Å²) in [7, 11) is 0. The van der Waals surface area contributed by atoms with Gasteiger partial charge in [-0.2, -0.15) is 0 Å². The summed E-state index contributed by atoms with van der Waals surface area (Å²) in [5.74, 6) is -1.54. The fourth-order valence-corrected chi connectivity index (χ4v) is 4.18. The largest absolute Gasteiger partial charge is 0.326 e. The Labute approximate surface area is 156 Å². The summed E-state index contributed by atoms with van der Waals surface area (Å²) >= 11 is 0. The highest BCUT2D eigenvalue weighted by Gasteiger charge is 2.45. The molecule has 0 radical (unpaired) electrons. The summed E-state index contributed by atoms with van der Waals surface area (Å²) < 4.78 is 0. The molecule has 3 atom stereocenters. The summed E-state index contributed by atoms with van der Waals surface area (Å²) in [4.78, 5) is 52.6. The minimum atomic E-state index is -0.941. The molecule has 8 heteroatoms. The van der Waals surface area contributed by atoms with Crippen molar-refractivity contribution < 1.29 is 19.2 Å². The van der Waals surface area contributed by atoms with Crippen LogP contribution in [0.2, 0.25) is 0 Å². The van der Waals surface area contributed by atoms with Gasteiger partial charge < -0.3 is 5.73 Å². The highest BCUT2D eigenvalue weighted by Crippen LogP contribution is 2.31. The van der Waals surface area contributed by atoms with E-state index in [1.807, 2.05) is 6.07 Å². The first-order valence-corrected chi connectivity index (χ1v) is 9.18. The first kappa shape index (κ1) is 17.8. The van der Waals surface area contributed by atoms with Gasteiger partial charge in [0.15, 0.2) is 0 Å². The Hall–Kier alpha value is -2.58. The number of carbonyl (C=O) groups is 4. The second-order valence-electron chi connectivity index (χ2n) is 7.62. The molecule has 0 saturated carbocycles. The van der Waals surface area contributed by atoms with Gasteiger partial charge in [0.1, 0.15) is 6.04 Å². The molecule has 27 heavy (non-hydrogen) atoms. The summed E-state index contributed by atoms with van der Waals surface area (Å²) in [5, 5.41) is 2.21. The molecule has 2 fully saturated rings. The number of likely N-dealkylation sites (tertiary alicyclic amines) is 1. The Balaban J connectivity index is 1.62. The number of imide groups is 2. The number of piperidine rings is 1. The maximum Gasteiger partial charge on any atom is 0.262 e. The van der Waals surface area contributed by atoms with Crippen LogP contribution in [0.25, 0.3) is 0 Å². The van der Waals surface area contributed by atoms with Gasteiger partial charge in [0, 0.05) is 32.1 Å². The van der Waals surface area contributed by atoms with E-state index in [1.165, 1.54) is 0 Å². The molecule has 0 aromatic heterocycles. The predicted octanol–water partition coefficient (Wildman–Crippen LogP) is -0.133. The molecule has 3 N–H and O–H groups in total. The second kappa shape index (κ2) is 6.54. The molecule has 3 heterocycles. The molecule has 4 amide bonds. The third kappa shape index (κ3) is 2.94. The standard InChI is InChI=1S/C19H22N4O4/c1-10-7-22(9-13(10)20)8-11-3-2-4-12-16(11)19(27)23(18(12)26)14-5-6-15(24)21-17(14)25/h2-4,10,13-14H,5-9,20H2,1H3,(H,21,24,25)/t10-,13-,14?/m1/s1. The average molecular weight is 370 g/mol. The molecule has 142 valence electrons. The lowest BCUT2D eigenvalue weighted by Gasteiger charge is -2.28. The third-order valence-electron chi connectivity index (χ3n) is 5.69. The van der Waals surface area contributed by atoms with Crippen molar-refractivity contribution in [2.24, 2.45) is 11.7 Å². The summed E-state index contributed by atoms with van der Waals surface area (Å²) in [6, 6.07) is 4.37. The fourth-order valence-electron chi connectivity index (χ4n) is 4.18. The predicted molar refractivity (Wildman–Crippen MR) is 95.5 cm³/mol. The lowest BCUT2D eigenvalue weighted by molar-refractivity contribution is -0.136. The van der Waals surface area contributed by atoms with E-state index in [-0.39, 0.29) is 24.8 Å². The van der Waals surface area contributed by atoms with Crippen LogP contribution in [0, 0.1) is 5.92 Å². The Kier molecular flexibility index (Phi) is 4.32. The van der Waals surface area contributed by atoms with Crippen LogP contribution in [0.1, 0.15) is 46.0 Å². The normalized spacial score (nSPS) is 28.7. The smallest absolute Gasteiger partial charge is 0.262 e. The molecule has 3 aliphatic rings. The van der Waals surface area contributed by atoms with Gasteiger partial charge in [0.05, 0.1) is 11.1 Å². The van der Waals surface area contributed by atoms with Crippen LogP contribution >= 0.6 is 0 Å². The SMILES string of the molecule is C[C@@H]1CN(Cc2cccc3c2C(=O)N(C2CCC(=O)NC2=O)C3=O)C[C@H]1N. The molecular formula is C19H22N4O4. The van der Waals surface area contributed by atoms with Crippen molar-refractivity contribution in [2.75, 3.05) is 13.1 Å². The van der Waals surface area contributed by atoms with Crippen LogP contribution < -0.4 is 11.1 Å². The number of amides is 4. The zero-order valence-electron chi connectivity index (χ0n) is 15.1. The monoisotopic (exact) mass is 370 g/mol. The van der Waals surface area contributed by atoms with Crippen molar-refractivity contribution in [3.8, 4) is 0 Å².